The second kappa shape index (κ2) is 18.2. The van der Waals surface area contributed by atoms with E-state index in [1.165, 1.54) is 48.5 Å². The van der Waals surface area contributed by atoms with E-state index < -0.39 is 65.7 Å². The molecule has 3 atom stereocenters. The fraction of sp³-hybridized carbons (Fsp3) is 0.412. The molecule has 1 aliphatic rings. The number of Topliss-reactive ketones (excluding diaryl/α,β-unsaturated/α-hetero) is 1. The minimum Gasteiger partial charge on any atom is -0.481 e. The van der Waals surface area contributed by atoms with Crippen LogP contribution in [-0.2, 0) is 38.2 Å². The molecule has 17 heteroatoms. The molecule has 2 aromatic carbocycles. The third-order valence-electron chi connectivity index (χ3n) is 6.91. The van der Waals surface area contributed by atoms with Crippen LogP contribution in [0.2, 0.25) is 0 Å². The van der Waals surface area contributed by atoms with Gasteiger partial charge in [0.1, 0.15) is 6.04 Å². The van der Waals surface area contributed by atoms with Crippen LogP contribution < -0.4 is 27.4 Å². The van der Waals surface area contributed by atoms with E-state index in [1.807, 2.05) is 13.8 Å². The first-order valence-electron chi connectivity index (χ1n) is 15.9. The van der Waals surface area contributed by atoms with Gasteiger partial charge >= 0.3 is 18.0 Å². The Labute approximate surface area is 295 Å². The number of ether oxygens (including phenoxy) is 2. The number of nitrogens with zero attached hydrogens (tertiary/aromatic N) is 3. The molecule has 8 N–H and O–H groups in total. The lowest BCUT2D eigenvalue weighted by molar-refractivity contribution is -0.166. The average Bonchev–Trinajstić information content (AvgIpc) is 3.34. The predicted molar refractivity (Wildman–Crippen MR) is 185 cm³/mol. The standard InChI is InChI=1S/C32H41N7O8.C2H4O2/c1-18(2)16-46-25(41)15-24(33)27(42)38(23-9-7-6-8-10-23)32(20(5)40,29(44)47-17-19(3)4)39-28(43)26(37-31(39)45)21-11-13-22(14-12-21)36-30(34)35;1-2(3)4/h6-14,18-19,24,26H,15-17,33H2,1-5H3,(H,37,45)(H4,34,35,36);1H3,(H,3,4)/t24-,26?,32+;/m0./s1. The van der Waals surface area contributed by atoms with Crippen molar-refractivity contribution in [1.29, 1.82) is 0 Å². The molecule has 1 unspecified atom stereocenters. The van der Waals surface area contributed by atoms with Crippen molar-refractivity contribution in [3.63, 3.8) is 0 Å². The van der Waals surface area contributed by atoms with Crippen LogP contribution in [0.25, 0.3) is 0 Å². The normalized spacial score (nSPS) is 15.5. The van der Waals surface area contributed by atoms with Crippen LogP contribution in [0.4, 0.5) is 16.2 Å². The summed E-state index contributed by atoms with van der Waals surface area (Å²) in [6.07, 6.45) is -0.630. The molecule has 0 spiro atoms. The van der Waals surface area contributed by atoms with Crippen molar-refractivity contribution < 1.29 is 48.1 Å². The molecule has 1 aliphatic heterocycles. The number of hydrogen-bond donors (Lipinski definition) is 5. The second-order valence-corrected chi connectivity index (χ2v) is 12.3. The number of carboxylic acids is 1. The zero-order valence-corrected chi connectivity index (χ0v) is 29.3. The zero-order valence-electron chi connectivity index (χ0n) is 29.3. The van der Waals surface area contributed by atoms with Crippen LogP contribution in [0.5, 0.6) is 0 Å². The third kappa shape index (κ3) is 10.6. The van der Waals surface area contributed by atoms with Crippen molar-refractivity contribution in [2.75, 3.05) is 18.1 Å². The van der Waals surface area contributed by atoms with E-state index in [2.05, 4.69) is 10.3 Å². The summed E-state index contributed by atoms with van der Waals surface area (Å²) in [5.41, 5.74) is 14.6. The number of aliphatic imine (C=N–C) groups is 1. The molecule has 1 fully saturated rings. The number of ketones is 1. The first-order valence-corrected chi connectivity index (χ1v) is 15.9. The molecule has 1 saturated heterocycles. The summed E-state index contributed by atoms with van der Waals surface area (Å²) in [4.78, 5) is 96.9. The van der Waals surface area contributed by atoms with Gasteiger partial charge in [0.05, 0.1) is 31.4 Å². The lowest BCUT2D eigenvalue weighted by Gasteiger charge is -2.44. The molecule has 4 amide bonds. The Kier molecular flexibility index (Phi) is 14.8. The van der Waals surface area contributed by atoms with E-state index in [4.69, 9.17) is 36.6 Å². The van der Waals surface area contributed by atoms with Gasteiger partial charge in [-0.05, 0) is 48.6 Å². The van der Waals surface area contributed by atoms with Gasteiger partial charge in [-0.3, -0.25) is 28.9 Å². The summed E-state index contributed by atoms with van der Waals surface area (Å²) in [5, 5.41) is 9.91. The molecule has 3 rings (SSSR count). The van der Waals surface area contributed by atoms with Crippen molar-refractivity contribution in [3.8, 4) is 0 Å². The number of nitrogens with two attached hydrogens (primary N) is 3. The topological polar surface area (TPSA) is 267 Å². The Morgan fingerprint density at radius 3 is 1.94 bits per heavy atom. The molecule has 0 radical (unpaired) electrons. The van der Waals surface area contributed by atoms with Crippen molar-refractivity contribution in [2.24, 2.45) is 34.0 Å². The molecule has 0 aromatic heterocycles. The van der Waals surface area contributed by atoms with Crippen LogP contribution in [0.1, 0.15) is 59.6 Å². The van der Waals surface area contributed by atoms with Gasteiger partial charge in [-0.1, -0.05) is 58.0 Å². The number of carboxylic acid groups (broad SMARTS) is 1. The fourth-order valence-corrected chi connectivity index (χ4v) is 4.79. The van der Waals surface area contributed by atoms with Crippen molar-refractivity contribution in [3.05, 3.63) is 60.2 Å². The Morgan fingerprint density at radius 2 is 1.45 bits per heavy atom. The van der Waals surface area contributed by atoms with E-state index in [-0.39, 0.29) is 42.3 Å². The van der Waals surface area contributed by atoms with Crippen LogP contribution in [0.3, 0.4) is 0 Å². The maximum absolute atomic E-state index is 14.3. The number of guanidine groups is 1. The van der Waals surface area contributed by atoms with E-state index >= 15 is 0 Å². The lowest BCUT2D eigenvalue weighted by Crippen LogP contribution is -2.74. The van der Waals surface area contributed by atoms with Crippen LogP contribution >= 0.6 is 0 Å². The number of amides is 4. The smallest absolute Gasteiger partial charge is 0.362 e. The van der Waals surface area contributed by atoms with Gasteiger partial charge in [-0.2, -0.15) is 0 Å². The highest BCUT2D eigenvalue weighted by molar-refractivity contribution is 6.23. The van der Waals surface area contributed by atoms with Crippen molar-refractivity contribution in [1.82, 2.24) is 10.2 Å². The monoisotopic (exact) mass is 711 g/mol. The Hall–Kier alpha value is -5.84. The fourth-order valence-electron chi connectivity index (χ4n) is 4.79. The molecule has 276 valence electrons. The Morgan fingerprint density at radius 1 is 0.922 bits per heavy atom. The third-order valence-corrected chi connectivity index (χ3v) is 6.91. The van der Waals surface area contributed by atoms with Crippen LogP contribution in [0.15, 0.2) is 59.6 Å². The summed E-state index contributed by atoms with van der Waals surface area (Å²) >= 11 is 0. The number of anilines is 1. The van der Waals surface area contributed by atoms with Crippen LogP contribution in [0, 0.1) is 11.8 Å². The van der Waals surface area contributed by atoms with E-state index in [0.29, 0.717) is 15.5 Å². The number of imide groups is 1. The maximum Gasteiger partial charge on any atom is 0.362 e. The molecule has 0 bridgehead atoms. The molecular formula is C34H45N7O10. The number of urea groups is 1. The number of para-hydroxylation sites is 1. The first-order chi connectivity index (χ1) is 23.8. The number of aliphatic carboxylic acids is 1. The Bertz CT molecular complexity index is 1620. The highest BCUT2D eigenvalue weighted by atomic mass is 16.5. The summed E-state index contributed by atoms with van der Waals surface area (Å²) in [6, 6.07) is 9.10. The predicted octanol–water partition coefficient (Wildman–Crippen LogP) is 1.71. The lowest BCUT2D eigenvalue weighted by atomic mass is 9.96. The molecule has 0 saturated carbocycles. The SMILES string of the molecule is CC(=O)O.CC(=O)[C@](C(=O)OCC(C)C)(N1C(=O)NC(c2ccc(N=C(N)N)cc2)C1=O)N(C(=O)[C@@H](N)CC(=O)OCC(C)C)c1ccccc1. The van der Waals surface area contributed by atoms with Crippen molar-refractivity contribution in [2.45, 2.75) is 65.7 Å². The second-order valence-electron chi connectivity index (χ2n) is 12.3. The summed E-state index contributed by atoms with van der Waals surface area (Å²) in [7, 11) is 0. The molecule has 0 aliphatic carbocycles. The summed E-state index contributed by atoms with van der Waals surface area (Å²) < 4.78 is 10.7. The minimum absolute atomic E-state index is 0.00291. The number of benzene rings is 2. The van der Waals surface area contributed by atoms with Gasteiger partial charge in [0.15, 0.2) is 11.7 Å². The first kappa shape index (κ1) is 41.3. The van der Waals surface area contributed by atoms with E-state index in [0.717, 1.165) is 13.8 Å². The largest absolute Gasteiger partial charge is 0.481 e. The highest BCUT2D eigenvalue weighted by Gasteiger charge is 2.65. The molecule has 51 heavy (non-hydrogen) atoms. The van der Waals surface area contributed by atoms with Gasteiger partial charge in [-0.25, -0.2) is 19.5 Å². The average molecular weight is 712 g/mol. The van der Waals surface area contributed by atoms with Gasteiger partial charge < -0.3 is 37.1 Å². The van der Waals surface area contributed by atoms with Gasteiger partial charge in [-0.15, -0.1) is 0 Å². The van der Waals surface area contributed by atoms with E-state index in [1.54, 1.807) is 19.9 Å². The number of carbonyl (C=O) groups excluding carboxylic acids is 6. The molecule has 2 aromatic rings. The van der Waals surface area contributed by atoms with Crippen LogP contribution in [-0.4, -0.2) is 82.4 Å². The van der Waals surface area contributed by atoms with Gasteiger partial charge in [0.25, 0.3) is 17.5 Å². The zero-order chi connectivity index (χ0) is 38.6. The van der Waals surface area contributed by atoms with Gasteiger partial charge in [0, 0.05) is 12.6 Å². The highest BCUT2D eigenvalue weighted by Crippen LogP contribution is 2.37. The Balaban J connectivity index is 0.00000213. The summed E-state index contributed by atoms with van der Waals surface area (Å²) in [6.45, 7) is 8.98. The molecule has 17 nitrogen and oxygen atoms in total. The number of hydrogen-bond acceptors (Lipinski definition) is 11. The number of rotatable bonds is 14. The molecule has 1 heterocycles. The quantitative estimate of drug-likeness (QED) is 0.0615. The van der Waals surface area contributed by atoms with Gasteiger partial charge in [0.2, 0.25) is 5.91 Å². The number of nitrogens with one attached hydrogen (secondary N) is 1. The summed E-state index contributed by atoms with van der Waals surface area (Å²) in [5.74, 6) is -6.71. The van der Waals surface area contributed by atoms with Crippen molar-refractivity contribution >= 4 is 58.9 Å². The number of carbonyl (C=O) groups is 7. The maximum atomic E-state index is 14.3. The minimum atomic E-state index is -3.01. The number of esters is 2. The molecular weight excluding hydrogens is 666 g/mol. The van der Waals surface area contributed by atoms with E-state index in [9.17, 15) is 28.8 Å².